The van der Waals surface area contributed by atoms with Gasteiger partial charge in [-0.1, -0.05) is 90.0 Å². The van der Waals surface area contributed by atoms with E-state index in [4.69, 9.17) is 11.6 Å². The Kier molecular flexibility index (Phi) is 11.4. The quantitative estimate of drug-likeness (QED) is 0.129. The molecule has 0 unspecified atom stereocenters. The Hall–Kier alpha value is -7.52. The number of carbonyl (C=O) groups is 2. The van der Waals surface area contributed by atoms with Gasteiger partial charge in [0.25, 0.3) is 0 Å². The van der Waals surface area contributed by atoms with E-state index in [1.165, 1.54) is 12.1 Å². The zero-order valence-corrected chi connectivity index (χ0v) is 31.0. The average molecular weight is 799 g/mol. The number of nitrogens with one attached hydrogen (secondary N) is 4. The molecule has 4 N–H and O–H groups in total. The summed E-state index contributed by atoms with van der Waals surface area (Å²) in [5.74, 6) is 0.571. The minimum absolute atomic E-state index is 0.0684. The van der Waals surface area contributed by atoms with Gasteiger partial charge in [0, 0.05) is 22.5 Å². The zero-order chi connectivity index (χ0) is 40.6. The lowest BCUT2D eigenvalue weighted by Crippen LogP contribution is -2.20. The molecular weight excluding hydrogens is 769 g/mol. The maximum absolute atomic E-state index is 13.0. The Balaban J connectivity index is 0.000000178. The van der Waals surface area contributed by atoms with Gasteiger partial charge in [-0.3, -0.25) is 20.6 Å². The molecule has 0 saturated carbocycles. The molecule has 288 valence electrons. The number of aromatic nitrogens is 6. The molecule has 0 radical (unpaired) electrons. The standard InChI is InChI=1S/C21H13ClF3N5O.C21H17N5O/c22-15-7-6-13(10-14(15)21(23,24)25)27-20(31)30-18-9-8-16-19(29-18)28-17(11-26-16)12-4-2-1-3-5-12;1-14-7-9-16(10-8-14)23-21(27)26-19-12-11-17-20(25-19)24-18(13-22-17)15-5-3-2-4-6-15/h1-11H,(H2,27,28,29,30,31);2-13H,1H3,(H2,23,24,25,26,27). The smallest absolute Gasteiger partial charge is 0.308 e. The summed E-state index contributed by atoms with van der Waals surface area (Å²) in [5.41, 5.74) is 5.88. The number of urea groups is 2. The van der Waals surface area contributed by atoms with E-state index in [2.05, 4.69) is 51.2 Å². The molecule has 12 nitrogen and oxygen atoms in total. The van der Waals surface area contributed by atoms with Crippen LogP contribution in [-0.2, 0) is 6.18 Å². The van der Waals surface area contributed by atoms with Crippen LogP contribution in [0, 0.1) is 6.92 Å². The topological polar surface area (TPSA) is 160 Å². The largest absolute Gasteiger partial charge is 0.417 e. The molecule has 0 aliphatic heterocycles. The third kappa shape index (κ3) is 9.82. The number of alkyl halides is 3. The third-order valence-electron chi connectivity index (χ3n) is 8.27. The molecule has 8 aromatic rings. The van der Waals surface area contributed by atoms with Crippen molar-refractivity contribution in [3.8, 4) is 22.5 Å². The molecule has 58 heavy (non-hydrogen) atoms. The molecule has 0 bridgehead atoms. The Labute approximate surface area is 333 Å². The lowest BCUT2D eigenvalue weighted by molar-refractivity contribution is -0.137. The molecule has 0 aliphatic rings. The maximum Gasteiger partial charge on any atom is 0.417 e. The van der Waals surface area contributed by atoms with E-state index in [0.29, 0.717) is 39.5 Å². The molecule has 4 aromatic carbocycles. The molecule has 0 atom stereocenters. The first-order valence-corrected chi connectivity index (χ1v) is 17.8. The van der Waals surface area contributed by atoms with Gasteiger partial charge in [0.05, 0.1) is 34.4 Å². The predicted molar refractivity (Wildman–Crippen MR) is 218 cm³/mol. The van der Waals surface area contributed by atoms with Crippen molar-refractivity contribution in [2.45, 2.75) is 13.1 Å². The van der Waals surface area contributed by atoms with Gasteiger partial charge in [-0.05, 0) is 61.5 Å². The summed E-state index contributed by atoms with van der Waals surface area (Å²) in [5, 5.41) is 9.85. The van der Waals surface area contributed by atoms with Crippen LogP contribution in [0.5, 0.6) is 0 Å². The molecule has 0 saturated heterocycles. The molecule has 4 amide bonds. The number of aryl methyl sites for hydroxylation is 1. The number of benzene rings is 4. The highest BCUT2D eigenvalue weighted by atomic mass is 35.5. The summed E-state index contributed by atoms with van der Waals surface area (Å²) in [4.78, 5) is 50.8. The molecule has 8 rings (SSSR count). The summed E-state index contributed by atoms with van der Waals surface area (Å²) in [6.45, 7) is 1.99. The SMILES string of the molecule is Cc1ccc(NC(=O)Nc2ccc3ncc(-c4ccccc4)nc3n2)cc1.O=C(Nc1ccc(Cl)c(C(F)(F)F)c1)Nc1ccc2ncc(-c3ccccc3)nc2n1. The third-order valence-corrected chi connectivity index (χ3v) is 8.60. The normalized spacial score (nSPS) is 11.0. The number of nitrogens with zero attached hydrogens (tertiary/aromatic N) is 6. The Morgan fingerprint density at radius 3 is 1.50 bits per heavy atom. The second-order valence-corrected chi connectivity index (χ2v) is 12.9. The van der Waals surface area contributed by atoms with Crippen molar-refractivity contribution in [1.29, 1.82) is 0 Å². The lowest BCUT2D eigenvalue weighted by atomic mass is 10.2. The van der Waals surface area contributed by atoms with Crippen LogP contribution in [0.2, 0.25) is 5.02 Å². The highest BCUT2D eigenvalue weighted by Crippen LogP contribution is 2.36. The summed E-state index contributed by atoms with van der Waals surface area (Å²) < 4.78 is 38.9. The number of halogens is 4. The summed E-state index contributed by atoms with van der Waals surface area (Å²) in [6, 6.07) is 35.3. The Morgan fingerprint density at radius 2 is 1.02 bits per heavy atom. The molecular formula is C42H30ClF3N10O2. The van der Waals surface area contributed by atoms with E-state index in [-0.39, 0.29) is 17.5 Å². The molecule has 4 heterocycles. The highest BCUT2D eigenvalue weighted by Gasteiger charge is 2.33. The van der Waals surface area contributed by atoms with Crippen LogP contribution in [-0.4, -0.2) is 42.0 Å². The average Bonchev–Trinajstić information content (AvgIpc) is 3.22. The molecule has 0 spiro atoms. The van der Waals surface area contributed by atoms with Gasteiger partial charge in [-0.2, -0.15) is 13.2 Å². The van der Waals surface area contributed by atoms with E-state index >= 15 is 0 Å². The molecule has 16 heteroatoms. The van der Waals surface area contributed by atoms with Crippen LogP contribution >= 0.6 is 11.6 Å². The van der Waals surface area contributed by atoms with Gasteiger partial charge >= 0.3 is 18.2 Å². The first-order chi connectivity index (χ1) is 28.0. The van der Waals surface area contributed by atoms with Gasteiger partial charge in [-0.15, -0.1) is 0 Å². The van der Waals surface area contributed by atoms with E-state index in [1.807, 2.05) is 91.9 Å². The lowest BCUT2D eigenvalue weighted by Gasteiger charge is -2.12. The summed E-state index contributed by atoms with van der Waals surface area (Å²) >= 11 is 5.59. The maximum atomic E-state index is 13.0. The minimum atomic E-state index is -4.64. The monoisotopic (exact) mass is 798 g/mol. The summed E-state index contributed by atoms with van der Waals surface area (Å²) in [6.07, 6.45) is -1.30. The number of hydrogen-bond donors (Lipinski definition) is 4. The van der Waals surface area contributed by atoms with Gasteiger partial charge in [0.1, 0.15) is 22.7 Å². The van der Waals surface area contributed by atoms with Crippen molar-refractivity contribution < 1.29 is 22.8 Å². The van der Waals surface area contributed by atoms with Crippen LogP contribution in [0.4, 0.5) is 45.8 Å². The minimum Gasteiger partial charge on any atom is -0.308 e. The van der Waals surface area contributed by atoms with Gasteiger partial charge in [0.2, 0.25) is 0 Å². The van der Waals surface area contributed by atoms with Gasteiger partial charge in [0.15, 0.2) is 11.3 Å². The van der Waals surface area contributed by atoms with Crippen LogP contribution in [0.25, 0.3) is 44.8 Å². The van der Waals surface area contributed by atoms with Crippen molar-refractivity contribution in [3.05, 3.63) is 156 Å². The molecule has 4 aromatic heterocycles. The number of carbonyl (C=O) groups excluding carboxylic acids is 2. The van der Waals surface area contributed by atoms with Crippen molar-refractivity contribution in [3.63, 3.8) is 0 Å². The molecule has 0 fully saturated rings. The van der Waals surface area contributed by atoms with Crippen LogP contribution in [0.1, 0.15) is 11.1 Å². The Bertz CT molecular complexity index is 2740. The second-order valence-electron chi connectivity index (χ2n) is 12.5. The molecule has 0 aliphatic carbocycles. The highest BCUT2D eigenvalue weighted by molar-refractivity contribution is 6.31. The fourth-order valence-corrected chi connectivity index (χ4v) is 5.67. The Morgan fingerprint density at radius 1 is 0.552 bits per heavy atom. The van der Waals surface area contributed by atoms with Gasteiger partial charge in [-0.25, -0.2) is 29.5 Å². The second kappa shape index (κ2) is 17.1. The number of hydrogen-bond acceptors (Lipinski definition) is 8. The fraction of sp³-hybridized carbons (Fsp3) is 0.0476. The van der Waals surface area contributed by atoms with E-state index in [1.54, 1.807) is 30.6 Å². The number of anilines is 4. The first kappa shape index (κ1) is 38.7. The van der Waals surface area contributed by atoms with Crippen LogP contribution in [0.3, 0.4) is 0 Å². The van der Waals surface area contributed by atoms with E-state index in [9.17, 15) is 22.8 Å². The number of amides is 4. The van der Waals surface area contributed by atoms with Gasteiger partial charge < -0.3 is 10.6 Å². The number of fused-ring (bicyclic) bond motifs is 2. The fourth-order valence-electron chi connectivity index (χ4n) is 5.45. The number of rotatable bonds is 6. The first-order valence-electron chi connectivity index (χ1n) is 17.4. The van der Waals surface area contributed by atoms with E-state index < -0.39 is 22.8 Å². The van der Waals surface area contributed by atoms with Crippen molar-refractivity contribution in [2.24, 2.45) is 0 Å². The zero-order valence-electron chi connectivity index (χ0n) is 30.3. The number of pyridine rings is 2. The van der Waals surface area contributed by atoms with Crippen molar-refractivity contribution in [2.75, 3.05) is 21.3 Å². The van der Waals surface area contributed by atoms with Crippen molar-refractivity contribution >= 4 is 69.0 Å². The van der Waals surface area contributed by atoms with E-state index in [0.717, 1.165) is 34.5 Å². The predicted octanol–water partition coefficient (Wildman–Crippen LogP) is 10.7. The van der Waals surface area contributed by atoms with Crippen LogP contribution in [0.15, 0.2) is 140 Å². The van der Waals surface area contributed by atoms with Crippen molar-refractivity contribution in [1.82, 2.24) is 29.9 Å². The summed E-state index contributed by atoms with van der Waals surface area (Å²) in [7, 11) is 0. The van der Waals surface area contributed by atoms with Crippen LogP contribution < -0.4 is 21.3 Å².